The molecule has 0 aliphatic heterocycles. The Bertz CT molecular complexity index is 366. The number of nitrogens with one attached hydrogen (secondary N) is 1. The summed E-state index contributed by atoms with van der Waals surface area (Å²) in [6, 6.07) is 6.51. The van der Waals surface area contributed by atoms with Crippen LogP contribution in [0.15, 0.2) is 18.2 Å². The molecule has 0 atom stereocenters. The lowest BCUT2D eigenvalue weighted by atomic mass is 10.1. The third-order valence-corrected chi connectivity index (χ3v) is 3.32. The van der Waals surface area contributed by atoms with Gasteiger partial charge in [-0.3, -0.25) is 0 Å². The second-order valence-electron chi connectivity index (χ2n) is 4.73. The Kier molecular flexibility index (Phi) is 5.49. The quantitative estimate of drug-likeness (QED) is 0.716. The molecule has 0 unspecified atom stereocenters. The summed E-state index contributed by atoms with van der Waals surface area (Å²) >= 11 is 0. The Morgan fingerprint density at radius 3 is 2.89 bits per heavy atom. The fraction of sp³-hybridized carbons (Fsp3) is 0.600. The van der Waals surface area contributed by atoms with Crippen LogP contribution in [0.4, 0.5) is 0 Å². The molecule has 0 aromatic heterocycles. The Hall–Kier alpha value is -1.06. The predicted molar refractivity (Wildman–Crippen MR) is 73.3 cm³/mol. The van der Waals surface area contributed by atoms with Gasteiger partial charge in [0.2, 0.25) is 0 Å². The lowest BCUT2D eigenvalue weighted by Gasteiger charge is -2.09. The minimum Gasteiger partial charge on any atom is -0.492 e. The molecule has 0 saturated heterocycles. The van der Waals surface area contributed by atoms with Crippen molar-refractivity contribution in [3.8, 4) is 5.75 Å². The summed E-state index contributed by atoms with van der Waals surface area (Å²) in [6.07, 6.45) is 4.79. The standard InChI is InChI=1S/C15H23NO2/c1-17-10-3-8-16-9-11-18-15-7-6-13-4-2-5-14(13)12-15/h6-7,12,16H,2-5,8-11H2,1H3. The highest BCUT2D eigenvalue weighted by Gasteiger charge is 2.10. The third-order valence-electron chi connectivity index (χ3n) is 3.32. The van der Waals surface area contributed by atoms with Crippen LogP contribution in [-0.2, 0) is 17.6 Å². The molecule has 0 heterocycles. The molecule has 1 aliphatic carbocycles. The molecule has 0 radical (unpaired) electrons. The number of methoxy groups -OCH3 is 1. The number of rotatable bonds is 8. The van der Waals surface area contributed by atoms with Crippen molar-refractivity contribution in [2.24, 2.45) is 0 Å². The molecule has 1 N–H and O–H groups in total. The van der Waals surface area contributed by atoms with Crippen LogP contribution in [0.1, 0.15) is 24.0 Å². The highest BCUT2D eigenvalue weighted by molar-refractivity contribution is 5.38. The van der Waals surface area contributed by atoms with Gasteiger partial charge < -0.3 is 14.8 Å². The topological polar surface area (TPSA) is 30.5 Å². The van der Waals surface area contributed by atoms with E-state index in [1.165, 1.54) is 30.4 Å². The molecular weight excluding hydrogens is 226 g/mol. The van der Waals surface area contributed by atoms with Gasteiger partial charge in [0, 0.05) is 20.3 Å². The number of aryl methyl sites for hydroxylation is 2. The van der Waals surface area contributed by atoms with E-state index in [9.17, 15) is 0 Å². The van der Waals surface area contributed by atoms with Crippen LogP contribution in [-0.4, -0.2) is 33.4 Å². The Morgan fingerprint density at radius 1 is 1.11 bits per heavy atom. The molecular formula is C15H23NO2. The summed E-state index contributed by atoms with van der Waals surface area (Å²) in [5.41, 5.74) is 2.97. The van der Waals surface area contributed by atoms with E-state index < -0.39 is 0 Å². The van der Waals surface area contributed by atoms with E-state index in [2.05, 4.69) is 23.5 Å². The minimum atomic E-state index is 0.728. The summed E-state index contributed by atoms with van der Waals surface area (Å²) in [7, 11) is 1.73. The molecule has 1 aromatic rings. The van der Waals surface area contributed by atoms with E-state index in [1.807, 2.05) is 0 Å². The molecule has 0 amide bonds. The number of hydrogen-bond acceptors (Lipinski definition) is 3. The fourth-order valence-electron chi connectivity index (χ4n) is 2.35. The second-order valence-corrected chi connectivity index (χ2v) is 4.73. The van der Waals surface area contributed by atoms with E-state index in [-0.39, 0.29) is 0 Å². The number of ether oxygens (including phenoxy) is 2. The molecule has 0 spiro atoms. The lowest BCUT2D eigenvalue weighted by molar-refractivity contribution is 0.193. The van der Waals surface area contributed by atoms with Gasteiger partial charge in [0.1, 0.15) is 12.4 Å². The van der Waals surface area contributed by atoms with Crippen molar-refractivity contribution in [2.75, 3.05) is 33.4 Å². The number of hydrogen-bond donors (Lipinski definition) is 1. The van der Waals surface area contributed by atoms with Crippen molar-refractivity contribution in [3.63, 3.8) is 0 Å². The zero-order valence-electron chi connectivity index (χ0n) is 11.2. The monoisotopic (exact) mass is 249 g/mol. The van der Waals surface area contributed by atoms with Gasteiger partial charge in [-0.05, 0) is 55.5 Å². The average molecular weight is 249 g/mol. The smallest absolute Gasteiger partial charge is 0.119 e. The largest absolute Gasteiger partial charge is 0.492 e. The molecule has 1 aromatic carbocycles. The van der Waals surface area contributed by atoms with Gasteiger partial charge in [0.15, 0.2) is 0 Å². The van der Waals surface area contributed by atoms with E-state index in [4.69, 9.17) is 9.47 Å². The summed E-state index contributed by atoms with van der Waals surface area (Å²) in [5.74, 6) is 1.01. The first-order valence-corrected chi connectivity index (χ1v) is 6.84. The maximum atomic E-state index is 5.74. The molecule has 2 rings (SSSR count). The maximum absolute atomic E-state index is 5.74. The van der Waals surface area contributed by atoms with E-state index >= 15 is 0 Å². The van der Waals surface area contributed by atoms with Crippen molar-refractivity contribution in [1.29, 1.82) is 0 Å². The van der Waals surface area contributed by atoms with Gasteiger partial charge in [-0.2, -0.15) is 0 Å². The van der Waals surface area contributed by atoms with Gasteiger partial charge in [-0.15, -0.1) is 0 Å². The highest BCUT2D eigenvalue weighted by atomic mass is 16.5. The molecule has 3 nitrogen and oxygen atoms in total. The van der Waals surface area contributed by atoms with Gasteiger partial charge in [0.25, 0.3) is 0 Å². The number of fused-ring (bicyclic) bond motifs is 1. The first-order valence-electron chi connectivity index (χ1n) is 6.84. The first-order chi connectivity index (χ1) is 8.90. The predicted octanol–water partition coefficient (Wildman–Crippen LogP) is 2.18. The van der Waals surface area contributed by atoms with Crippen molar-refractivity contribution < 1.29 is 9.47 Å². The Balaban J connectivity index is 1.62. The van der Waals surface area contributed by atoms with Gasteiger partial charge >= 0.3 is 0 Å². The van der Waals surface area contributed by atoms with Gasteiger partial charge in [0.05, 0.1) is 0 Å². The molecule has 3 heteroatoms. The van der Waals surface area contributed by atoms with Crippen LogP contribution in [0.3, 0.4) is 0 Å². The van der Waals surface area contributed by atoms with E-state index in [0.717, 1.165) is 38.5 Å². The molecule has 1 aliphatic rings. The second kappa shape index (κ2) is 7.39. The maximum Gasteiger partial charge on any atom is 0.119 e. The summed E-state index contributed by atoms with van der Waals surface area (Å²) in [6.45, 7) is 3.42. The zero-order chi connectivity index (χ0) is 12.6. The number of benzene rings is 1. The zero-order valence-corrected chi connectivity index (χ0v) is 11.2. The SMILES string of the molecule is COCCCNCCOc1ccc2c(c1)CCC2. The van der Waals surface area contributed by atoms with Crippen molar-refractivity contribution in [1.82, 2.24) is 5.32 Å². The molecule has 0 saturated carbocycles. The highest BCUT2D eigenvalue weighted by Crippen LogP contribution is 2.25. The molecule has 18 heavy (non-hydrogen) atoms. The van der Waals surface area contributed by atoms with E-state index in [1.54, 1.807) is 7.11 Å². The van der Waals surface area contributed by atoms with Crippen LogP contribution in [0.25, 0.3) is 0 Å². The fourth-order valence-corrected chi connectivity index (χ4v) is 2.35. The molecule has 0 bridgehead atoms. The van der Waals surface area contributed by atoms with Crippen molar-refractivity contribution in [3.05, 3.63) is 29.3 Å². The van der Waals surface area contributed by atoms with Crippen LogP contribution >= 0.6 is 0 Å². The normalized spacial score (nSPS) is 13.6. The Labute approximate surface area is 109 Å². The van der Waals surface area contributed by atoms with Crippen molar-refractivity contribution in [2.45, 2.75) is 25.7 Å². The summed E-state index contributed by atoms with van der Waals surface area (Å²) < 4.78 is 10.7. The van der Waals surface area contributed by atoms with Crippen molar-refractivity contribution >= 4 is 0 Å². The van der Waals surface area contributed by atoms with Gasteiger partial charge in [-0.25, -0.2) is 0 Å². The van der Waals surface area contributed by atoms with Crippen LogP contribution < -0.4 is 10.1 Å². The molecule has 100 valence electrons. The first kappa shape index (κ1) is 13.4. The van der Waals surface area contributed by atoms with E-state index in [0.29, 0.717) is 0 Å². The average Bonchev–Trinajstić information content (AvgIpc) is 2.85. The third kappa shape index (κ3) is 4.00. The van der Waals surface area contributed by atoms with Crippen LogP contribution in [0.2, 0.25) is 0 Å². The van der Waals surface area contributed by atoms with Crippen LogP contribution in [0.5, 0.6) is 5.75 Å². The van der Waals surface area contributed by atoms with Crippen LogP contribution in [0, 0.1) is 0 Å². The summed E-state index contributed by atoms with van der Waals surface area (Å²) in [5, 5.41) is 3.34. The molecule has 0 fully saturated rings. The summed E-state index contributed by atoms with van der Waals surface area (Å²) in [4.78, 5) is 0. The minimum absolute atomic E-state index is 0.728. The lowest BCUT2D eigenvalue weighted by Crippen LogP contribution is -2.22. The Morgan fingerprint density at radius 2 is 2.00 bits per heavy atom. The van der Waals surface area contributed by atoms with Gasteiger partial charge in [-0.1, -0.05) is 6.07 Å².